The third-order valence-corrected chi connectivity index (χ3v) is 4.56. The topological polar surface area (TPSA) is 0 Å². The van der Waals surface area contributed by atoms with Crippen molar-refractivity contribution >= 4 is 11.8 Å². The van der Waals surface area contributed by atoms with E-state index in [4.69, 9.17) is 0 Å². The minimum absolute atomic E-state index is 0.841. The third kappa shape index (κ3) is 1.21. The quantitative estimate of drug-likeness (QED) is 0.601. The molecule has 0 saturated heterocycles. The average Bonchev–Trinajstić information content (AvgIpc) is 2.44. The van der Waals surface area contributed by atoms with E-state index in [2.05, 4.69) is 30.0 Å². The van der Waals surface area contributed by atoms with E-state index in [1.54, 1.807) is 16.7 Å². The lowest BCUT2D eigenvalue weighted by molar-refractivity contribution is 0.706. The molecule has 1 unspecified atom stereocenters. The van der Waals surface area contributed by atoms with Crippen LogP contribution in [0.1, 0.15) is 41.2 Å². The van der Waals surface area contributed by atoms with Crippen LogP contribution in [0.25, 0.3) is 0 Å². The van der Waals surface area contributed by atoms with Crippen LogP contribution >= 0.6 is 11.8 Å². The molecule has 0 aromatic heterocycles. The van der Waals surface area contributed by atoms with Gasteiger partial charge in [0.05, 0.1) is 0 Å². The fourth-order valence-corrected chi connectivity index (χ4v) is 4.01. The van der Waals surface area contributed by atoms with E-state index in [-0.39, 0.29) is 0 Å². The van der Waals surface area contributed by atoms with E-state index in [9.17, 15) is 0 Å². The van der Waals surface area contributed by atoms with Gasteiger partial charge in [-0.05, 0) is 36.0 Å². The monoisotopic (exact) mass is 190 g/mol. The van der Waals surface area contributed by atoms with Gasteiger partial charge in [-0.25, -0.2) is 0 Å². The van der Waals surface area contributed by atoms with Crippen LogP contribution in [0.5, 0.6) is 0 Å². The number of aryl methyl sites for hydroxylation is 1. The van der Waals surface area contributed by atoms with Crippen LogP contribution in [0.15, 0.2) is 18.2 Å². The van der Waals surface area contributed by atoms with Gasteiger partial charge in [0.25, 0.3) is 0 Å². The normalized spacial score (nSPS) is 25.4. The Labute approximate surface area is 83.7 Å². The summed E-state index contributed by atoms with van der Waals surface area (Å²) in [6.07, 6.45) is 5.55. The summed E-state index contributed by atoms with van der Waals surface area (Å²) in [7, 11) is 0. The van der Waals surface area contributed by atoms with E-state index in [1.165, 1.54) is 31.4 Å². The second-order valence-corrected chi connectivity index (χ2v) is 5.23. The number of hydrogen-bond acceptors (Lipinski definition) is 1. The molecule has 13 heavy (non-hydrogen) atoms. The lowest BCUT2D eigenvalue weighted by atomic mass is 9.98. The van der Waals surface area contributed by atoms with Crippen LogP contribution in [0.3, 0.4) is 0 Å². The van der Waals surface area contributed by atoms with Gasteiger partial charge in [-0.15, -0.1) is 11.8 Å². The molecule has 1 heteroatoms. The van der Waals surface area contributed by atoms with Gasteiger partial charge in [-0.1, -0.05) is 24.6 Å². The van der Waals surface area contributed by atoms with Crippen LogP contribution in [0, 0.1) is 0 Å². The minimum atomic E-state index is 0.841. The largest absolute Gasteiger partial charge is 0.149 e. The van der Waals surface area contributed by atoms with Gasteiger partial charge in [0, 0.05) is 11.0 Å². The van der Waals surface area contributed by atoms with Crippen molar-refractivity contribution in [1.29, 1.82) is 0 Å². The molecule has 0 bridgehead atoms. The molecular formula is C12H14S. The molecule has 68 valence electrons. The molecule has 0 fully saturated rings. The van der Waals surface area contributed by atoms with Crippen LogP contribution in [-0.4, -0.2) is 0 Å². The van der Waals surface area contributed by atoms with Crippen molar-refractivity contribution in [2.24, 2.45) is 0 Å². The van der Waals surface area contributed by atoms with Crippen LogP contribution in [0.4, 0.5) is 0 Å². The smallest absolute Gasteiger partial charge is 0.0306 e. The Morgan fingerprint density at radius 1 is 1.15 bits per heavy atom. The van der Waals surface area contributed by atoms with Crippen molar-refractivity contribution in [2.45, 2.75) is 36.7 Å². The number of benzene rings is 1. The summed E-state index contributed by atoms with van der Waals surface area (Å²) in [5.41, 5.74) is 4.98. The van der Waals surface area contributed by atoms with Crippen LogP contribution in [-0.2, 0) is 12.2 Å². The lowest BCUT2D eigenvalue weighted by Crippen LogP contribution is -1.93. The van der Waals surface area contributed by atoms with Crippen molar-refractivity contribution in [3.8, 4) is 0 Å². The van der Waals surface area contributed by atoms with Gasteiger partial charge in [-0.3, -0.25) is 0 Å². The van der Waals surface area contributed by atoms with Gasteiger partial charge in [0.2, 0.25) is 0 Å². The van der Waals surface area contributed by atoms with Crippen molar-refractivity contribution < 1.29 is 0 Å². The van der Waals surface area contributed by atoms with Crippen molar-refractivity contribution in [3.05, 3.63) is 34.9 Å². The molecular weight excluding hydrogens is 176 g/mol. The molecule has 0 radical (unpaired) electrons. The molecule has 1 aromatic carbocycles. The van der Waals surface area contributed by atoms with E-state index >= 15 is 0 Å². The molecule has 0 N–H and O–H groups in total. The molecule has 1 atom stereocenters. The van der Waals surface area contributed by atoms with Gasteiger partial charge in [-0.2, -0.15) is 0 Å². The lowest BCUT2D eigenvalue weighted by Gasteiger charge is -2.09. The Morgan fingerprint density at radius 2 is 2.08 bits per heavy atom. The maximum atomic E-state index is 2.34. The molecule has 0 saturated carbocycles. The number of rotatable bonds is 0. The second kappa shape index (κ2) is 3.06. The number of hydrogen-bond donors (Lipinski definition) is 0. The first-order valence-corrected chi connectivity index (χ1v) is 6.22. The third-order valence-electron chi connectivity index (χ3n) is 3.21. The van der Waals surface area contributed by atoms with Crippen molar-refractivity contribution in [1.82, 2.24) is 0 Å². The number of thioether (sulfide) groups is 1. The Bertz CT molecular complexity index is 330. The maximum absolute atomic E-state index is 2.34. The fraction of sp³-hybridized carbons (Fsp3) is 0.500. The molecule has 1 aromatic rings. The highest BCUT2D eigenvalue weighted by Gasteiger charge is 2.26. The van der Waals surface area contributed by atoms with E-state index < -0.39 is 0 Å². The fourth-order valence-electron chi connectivity index (χ4n) is 2.57. The van der Waals surface area contributed by atoms with E-state index in [1.807, 2.05) is 0 Å². The molecule has 3 rings (SSSR count). The molecule has 1 aliphatic heterocycles. The Morgan fingerprint density at radius 3 is 3.08 bits per heavy atom. The van der Waals surface area contributed by atoms with Gasteiger partial charge in [0.15, 0.2) is 0 Å². The first-order valence-electron chi connectivity index (χ1n) is 5.17. The summed E-state index contributed by atoms with van der Waals surface area (Å²) in [5.74, 6) is 1.26. The van der Waals surface area contributed by atoms with Crippen molar-refractivity contribution in [2.75, 3.05) is 0 Å². The zero-order valence-electron chi connectivity index (χ0n) is 7.75. The first-order chi connectivity index (χ1) is 6.45. The molecule has 0 spiro atoms. The van der Waals surface area contributed by atoms with E-state index in [0.717, 1.165) is 5.25 Å². The van der Waals surface area contributed by atoms with Gasteiger partial charge in [0.1, 0.15) is 0 Å². The first kappa shape index (κ1) is 7.93. The zero-order valence-corrected chi connectivity index (χ0v) is 8.57. The molecule has 0 amide bonds. The summed E-state index contributed by atoms with van der Waals surface area (Å²) in [5, 5.41) is 0.841. The van der Waals surface area contributed by atoms with Gasteiger partial charge < -0.3 is 0 Å². The Balaban J connectivity index is 2.16. The summed E-state index contributed by atoms with van der Waals surface area (Å²) in [6.45, 7) is 0. The average molecular weight is 190 g/mol. The van der Waals surface area contributed by atoms with Crippen LogP contribution in [0.2, 0.25) is 0 Å². The molecule has 0 nitrogen and oxygen atoms in total. The SMILES string of the molecule is c1cc2c3c(c1)CSC3CCCC2. The summed E-state index contributed by atoms with van der Waals surface area (Å²) >= 11 is 2.15. The highest BCUT2D eigenvalue weighted by Crippen LogP contribution is 2.47. The van der Waals surface area contributed by atoms with E-state index in [0.29, 0.717) is 0 Å². The molecule has 1 aliphatic carbocycles. The van der Waals surface area contributed by atoms with Crippen molar-refractivity contribution in [3.63, 3.8) is 0 Å². The predicted octanol–water partition coefficient (Wildman–Crippen LogP) is 3.70. The summed E-state index contributed by atoms with van der Waals surface area (Å²) < 4.78 is 0. The second-order valence-electron chi connectivity index (χ2n) is 4.04. The standard InChI is InChI=1S/C12H14S/c1-2-7-11-12-9(4-1)5-3-6-10(12)8-13-11/h3,5-6,11H,1-2,4,7-8H2. The zero-order chi connectivity index (χ0) is 8.67. The Hall–Kier alpha value is -0.430. The summed E-state index contributed by atoms with van der Waals surface area (Å²) in [6, 6.07) is 6.89. The maximum Gasteiger partial charge on any atom is 0.0306 e. The summed E-state index contributed by atoms with van der Waals surface area (Å²) in [4.78, 5) is 0. The van der Waals surface area contributed by atoms with Gasteiger partial charge >= 0.3 is 0 Å². The predicted molar refractivity (Wildman–Crippen MR) is 58.0 cm³/mol. The Kier molecular flexibility index (Phi) is 1.86. The van der Waals surface area contributed by atoms with Crippen LogP contribution < -0.4 is 0 Å². The molecule has 1 heterocycles. The molecule has 2 aliphatic rings. The highest BCUT2D eigenvalue weighted by atomic mass is 32.2. The highest BCUT2D eigenvalue weighted by molar-refractivity contribution is 7.99. The minimum Gasteiger partial charge on any atom is -0.149 e.